The lowest BCUT2D eigenvalue weighted by molar-refractivity contribution is 0.140. The maximum atomic E-state index is 12.8. The molecule has 0 bridgehead atoms. The van der Waals surface area contributed by atoms with Crippen LogP contribution in [0.5, 0.6) is 0 Å². The SMILES string of the molecule is CC1CC(C)CN(CCCNS(=O)(=O)Cc2ccc(F)cc2)C1. The third-order valence-electron chi connectivity index (χ3n) is 4.19. The second-order valence-electron chi connectivity index (χ2n) is 6.84. The molecule has 0 aliphatic carbocycles. The van der Waals surface area contributed by atoms with Crippen LogP contribution in [0.2, 0.25) is 0 Å². The summed E-state index contributed by atoms with van der Waals surface area (Å²) in [6.07, 6.45) is 2.09. The van der Waals surface area contributed by atoms with Gasteiger partial charge in [0.05, 0.1) is 5.75 Å². The summed E-state index contributed by atoms with van der Waals surface area (Å²) >= 11 is 0. The third kappa shape index (κ3) is 6.57. The van der Waals surface area contributed by atoms with E-state index in [4.69, 9.17) is 0 Å². The van der Waals surface area contributed by atoms with Crippen molar-refractivity contribution in [3.63, 3.8) is 0 Å². The average molecular weight is 342 g/mol. The minimum Gasteiger partial charge on any atom is -0.303 e. The van der Waals surface area contributed by atoms with Gasteiger partial charge in [-0.3, -0.25) is 0 Å². The summed E-state index contributed by atoms with van der Waals surface area (Å²) < 4.78 is 39.5. The van der Waals surface area contributed by atoms with Gasteiger partial charge in [-0.1, -0.05) is 26.0 Å². The van der Waals surface area contributed by atoms with Crippen molar-refractivity contribution in [1.82, 2.24) is 9.62 Å². The van der Waals surface area contributed by atoms with Crippen molar-refractivity contribution in [3.8, 4) is 0 Å². The molecule has 1 N–H and O–H groups in total. The molecule has 2 atom stereocenters. The van der Waals surface area contributed by atoms with E-state index < -0.39 is 10.0 Å². The summed E-state index contributed by atoms with van der Waals surface area (Å²) in [6, 6.07) is 5.57. The number of nitrogens with one attached hydrogen (secondary N) is 1. The van der Waals surface area contributed by atoms with Crippen molar-refractivity contribution in [2.24, 2.45) is 11.8 Å². The summed E-state index contributed by atoms with van der Waals surface area (Å²) in [6.45, 7) is 8.12. The Bertz CT molecular complexity index is 579. The molecule has 0 saturated carbocycles. The Balaban J connectivity index is 1.71. The van der Waals surface area contributed by atoms with E-state index in [1.54, 1.807) is 0 Å². The molecule has 1 aliphatic rings. The van der Waals surface area contributed by atoms with Crippen LogP contribution in [0, 0.1) is 17.7 Å². The molecule has 4 nitrogen and oxygen atoms in total. The van der Waals surface area contributed by atoms with Gasteiger partial charge in [0.2, 0.25) is 10.0 Å². The van der Waals surface area contributed by atoms with Crippen LogP contribution in [0.3, 0.4) is 0 Å². The molecule has 0 aromatic heterocycles. The Kier molecular flexibility index (Phi) is 6.56. The van der Waals surface area contributed by atoms with Crippen molar-refractivity contribution < 1.29 is 12.8 Å². The van der Waals surface area contributed by atoms with Gasteiger partial charge in [0.25, 0.3) is 0 Å². The second-order valence-corrected chi connectivity index (χ2v) is 8.65. The molecule has 1 saturated heterocycles. The molecule has 23 heavy (non-hydrogen) atoms. The topological polar surface area (TPSA) is 49.4 Å². The quantitative estimate of drug-likeness (QED) is 0.775. The standard InChI is InChI=1S/C17H27FN2O2S/c1-14-10-15(2)12-20(11-14)9-3-8-19-23(21,22)13-16-4-6-17(18)7-5-16/h4-7,14-15,19H,3,8-13H2,1-2H3. The summed E-state index contributed by atoms with van der Waals surface area (Å²) in [5.74, 6) is 0.970. The van der Waals surface area contributed by atoms with Gasteiger partial charge in [0.15, 0.2) is 0 Å². The van der Waals surface area contributed by atoms with Gasteiger partial charge in [-0.05, 0) is 48.9 Å². The largest absolute Gasteiger partial charge is 0.303 e. The van der Waals surface area contributed by atoms with E-state index in [0.29, 0.717) is 23.9 Å². The Labute approximate surface area is 139 Å². The molecular weight excluding hydrogens is 315 g/mol. The number of halogens is 1. The highest BCUT2D eigenvalue weighted by molar-refractivity contribution is 7.88. The van der Waals surface area contributed by atoms with Crippen LogP contribution < -0.4 is 4.72 Å². The van der Waals surface area contributed by atoms with Gasteiger partial charge in [0, 0.05) is 19.6 Å². The van der Waals surface area contributed by atoms with E-state index >= 15 is 0 Å². The van der Waals surface area contributed by atoms with Crippen LogP contribution >= 0.6 is 0 Å². The number of piperidine rings is 1. The zero-order valence-corrected chi connectivity index (χ0v) is 14.8. The molecule has 0 spiro atoms. The highest BCUT2D eigenvalue weighted by Gasteiger charge is 2.21. The number of likely N-dealkylation sites (tertiary alicyclic amines) is 1. The van der Waals surface area contributed by atoms with Crippen molar-refractivity contribution in [2.75, 3.05) is 26.2 Å². The van der Waals surface area contributed by atoms with Crippen LogP contribution in [-0.2, 0) is 15.8 Å². The minimum atomic E-state index is -3.36. The van der Waals surface area contributed by atoms with Gasteiger partial charge in [0.1, 0.15) is 5.82 Å². The first-order valence-corrected chi connectivity index (χ1v) is 9.93. The van der Waals surface area contributed by atoms with Crippen LogP contribution in [0.15, 0.2) is 24.3 Å². The average Bonchev–Trinajstić information content (AvgIpc) is 2.45. The van der Waals surface area contributed by atoms with E-state index in [-0.39, 0.29) is 11.6 Å². The molecule has 2 unspecified atom stereocenters. The molecule has 0 radical (unpaired) electrons. The Hall–Kier alpha value is -0.980. The zero-order chi connectivity index (χ0) is 16.9. The molecule has 6 heteroatoms. The maximum Gasteiger partial charge on any atom is 0.215 e. The highest BCUT2D eigenvalue weighted by atomic mass is 32.2. The summed E-state index contributed by atoms with van der Waals surface area (Å²) in [7, 11) is -3.36. The smallest absolute Gasteiger partial charge is 0.215 e. The predicted molar refractivity (Wildman–Crippen MR) is 91.0 cm³/mol. The van der Waals surface area contributed by atoms with E-state index in [1.807, 2.05) is 0 Å². The Morgan fingerprint density at radius 3 is 2.39 bits per heavy atom. The summed E-state index contributed by atoms with van der Waals surface area (Å²) in [5, 5.41) is 0. The Morgan fingerprint density at radius 2 is 1.78 bits per heavy atom. The van der Waals surface area contributed by atoms with Crippen LogP contribution in [0.1, 0.15) is 32.3 Å². The predicted octanol–water partition coefficient (Wildman–Crippen LogP) is 2.61. The van der Waals surface area contributed by atoms with Gasteiger partial charge in [-0.2, -0.15) is 0 Å². The normalized spacial score (nSPS) is 23.1. The monoisotopic (exact) mass is 342 g/mol. The fourth-order valence-electron chi connectivity index (χ4n) is 3.36. The van der Waals surface area contributed by atoms with Crippen molar-refractivity contribution >= 4 is 10.0 Å². The fraction of sp³-hybridized carbons (Fsp3) is 0.647. The molecule has 130 valence electrons. The number of sulfonamides is 1. The number of hydrogen-bond donors (Lipinski definition) is 1. The maximum absolute atomic E-state index is 12.8. The molecule has 1 heterocycles. The van der Waals surface area contributed by atoms with Crippen molar-refractivity contribution in [1.29, 1.82) is 0 Å². The van der Waals surface area contributed by atoms with E-state index in [1.165, 1.54) is 30.7 Å². The number of hydrogen-bond acceptors (Lipinski definition) is 3. The summed E-state index contributed by atoms with van der Waals surface area (Å²) in [5.41, 5.74) is 0.595. The number of rotatable bonds is 7. The van der Waals surface area contributed by atoms with Crippen molar-refractivity contribution in [3.05, 3.63) is 35.6 Å². The van der Waals surface area contributed by atoms with Crippen LogP contribution in [0.4, 0.5) is 4.39 Å². The molecule has 1 aliphatic heterocycles. The van der Waals surface area contributed by atoms with Crippen LogP contribution in [-0.4, -0.2) is 39.5 Å². The number of nitrogens with zero attached hydrogens (tertiary/aromatic N) is 1. The molecule has 1 fully saturated rings. The van der Waals surface area contributed by atoms with E-state index in [9.17, 15) is 12.8 Å². The van der Waals surface area contributed by atoms with Gasteiger partial charge < -0.3 is 4.90 Å². The van der Waals surface area contributed by atoms with Gasteiger partial charge >= 0.3 is 0 Å². The lowest BCUT2D eigenvalue weighted by atomic mass is 9.92. The second kappa shape index (κ2) is 8.22. The molecule has 1 aromatic rings. The minimum absolute atomic E-state index is 0.106. The lowest BCUT2D eigenvalue weighted by Crippen LogP contribution is -2.40. The fourth-order valence-corrected chi connectivity index (χ4v) is 4.54. The lowest BCUT2D eigenvalue weighted by Gasteiger charge is -2.34. The third-order valence-corrected chi connectivity index (χ3v) is 5.54. The van der Waals surface area contributed by atoms with Crippen LogP contribution in [0.25, 0.3) is 0 Å². The molecule has 2 rings (SSSR count). The first kappa shape index (κ1) is 18.4. The Morgan fingerprint density at radius 1 is 1.17 bits per heavy atom. The summed E-state index contributed by atoms with van der Waals surface area (Å²) in [4.78, 5) is 2.42. The van der Waals surface area contributed by atoms with Gasteiger partial charge in [-0.15, -0.1) is 0 Å². The van der Waals surface area contributed by atoms with E-state index in [0.717, 1.165) is 26.1 Å². The molecule has 1 aromatic carbocycles. The zero-order valence-electron chi connectivity index (χ0n) is 14.0. The first-order valence-electron chi connectivity index (χ1n) is 8.28. The number of benzene rings is 1. The van der Waals surface area contributed by atoms with Crippen molar-refractivity contribution in [2.45, 2.75) is 32.4 Å². The molecule has 0 amide bonds. The van der Waals surface area contributed by atoms with E-state index in [2.05, 4.69) is 23.5 Å². The highest BCUT2D eigenvalue weighted by Crippen LogP contribution is 2.20. The van der Waals surface area contributed by atoms with Gasteiger partial charge in [-0.25, -0.2) is 17.5 Å². The molecular formula is C17H27FN2O2S. The first-order chi connectivity index (χ1) is 10.8.